The summed E-state index contributed by atoms with van der Waals surface area (Å²) in [5.74, 6) is -0.913. The highest BCUT2D eigenvalue weighted by Gasteiger charge is 2.54. The molecule has 1 fully saturated rings. The normalized spacial score (nSPS) is 21.3. The van der Waals surface area contributed by atoms with Crippen molar-refractivity contribution in [1.29, 1.82) is 0 Å². The Bertz CT molecular complexity index is 950. The van der Waals surface area contributed by atoms with E-state index in [1.54, 1.807) is 12.1 Å². The van der Waals surface area contributed by atoms with Gasteiger partial charge in [-0.3, -0.25) is 9.69 Å². The number of urea groups is 1. The van der Waals surface area contributed by atoms with Crippen molar-refractivity contribution >= 4 is 23.6 Å². The first-order chi connectivity index (χ1) is 13.0. The zero-order valence-corrected chi connectivity index (χ0v) is 15.0. The molecule has 4 rings (SSSR count). The molecule has 0 bridgehead atoms. The second-order valence-corrected chi connectivity index (χ2v) is 6.57. The fourth-order valence-electron chi connectivity index (χ4n) is 3.62. The third-order valence-corrected chi connectivity index (χ3v) is 4.92. The lowest BCUT2D eigenvalue weighted by molar-refractivity contribution is -0.136. The van der Waals surface area contributed by atoms with Gasteiger partial charge in [-0.25, -0.2) is 14.5 Å². The van der Waals surface area contributed by atoms with Crippen LogP contribution in [0.3, 0.4) is 0 Å². The van der Waals surface area contributed by atoms with Crippen LogP contribution in [0.2, 0.25) is 0 Å². The number of hydrogen-bond acceptors (Lipinski definition) is 4. The Hall–Kier alpha value is -3.41. The summed E-state index contributed by atoms with van der Waals surface area (Å²) in [6.07, 6.45) is 1.54. The first kappa shape index (κ1) is 17.0. The number of imide groups is 1. The molecule has 0 unspecified atom stereocenters. The summed E-state index contributed by atoms with van der Waals surface area (Å²) >= 11 is 0. The van der Waals surface area contributed by atoms with Gasteiger partial charge in [0.15, 0.2) is 0 Å². The van der Waals surface area contributed by atoms with Gasteiger partial charge in [0, 0.05) is 0 Å². The van der Waals surface area contributed by atoms with E-state index in [4.69, 9.17) is 4.74 Å². The molecule has 136 valence electrons. The maximum absolute atomic E-state index is 13.2. The lowest BCUT2D eigenvalue weighted by Crippen LogP contribution is -2.36. The van der Waals surface area contributed by atoms with E-state index >= 15 is 0 Å². The van der Waals surface area contributed by atoms with E-state index in [0.717, 1.165) is 11.1 Å². The Labute approximate surface area is 156 Å². The molecule has 0 spiro atoms. The van der Waals surface area contributed by atoms with Crippen LogP contribution < -0.4 is 4.90 Å². The molecule has 27 heavy (non-hydrogen) atoms. The minimum absolute atomic E-state index is 0.305. The van der Waals surface area contributed by atoms with Gasteiger partial charge in [0.1, 0.15) is 6.04 Å². The molecule has 0 N–H and O–H groups in total. The number of hydrogen-bond donors (Lipinski definition) is 0. The molecule has 2 atom stereocenters. The molecule has 2 heterocycles. The van der Waals surface area contributed by atoms with E-state index in [1.807, 2.05) is 49.4 Å². The molecule has 2 aromatic carbocycles. The van der Waals surface area contributed by atoms with Crippen molar-refractivity contribution in [2.24, 2.45) is 0 Å². The maximum atomic E-state index is 13.2. The van der Waals surface area contributed by atoms with Gasteiger partial charge in [-0.1, -0.05) is 48.0 Å². The highest BCUT2D eigenvalue weighted by molar-refractivity contribution is 6.23. The summed E-state index contributed by atoms with van der Waals surface area (Å²) in [4.78, 5) is 41.0. The lowest BCUT2D eigenvalue weighted by atomic mass is 10.00. The molecular weight excluding hydrogens is 344 g/mol. The lowest BCUT2D eigenvalue weighted by Gasteiger charge is -2.25. The second-order valence-electron chi connectivity index (χ2n) is 6.57. The maximum Gasteiger partial charge on any atom is 0.335 e. The van der Waals surface area contributed by atoms with Crippen LogP contribution in [0.5, 0.6) is 0 Å². The second kappa shape index (κ2) is 6.39. The minimum atomic E-state index is -0.821. The van der Waals surface area contributed by atoms with E-state index < -0.39 is 24.1 Å². The largest absolute Gasteiger partial charge is 0.466 e. The van der Waals surface area contributed by atoms with Gasteiger partial charge >= 0.3 is 12.0 Å². The van der Waals surface area contributed by atoms with Crippen LogP contribution >= 0.6 is 0 Å². The van der Waals surface area contributed by atoms with Gasteiger partial charge in [0.2, 0.25) is 0 Å². The highest BCUT2D eigenvalue weighted by Crippen LogP contribution is 2.42. The summed E-state index contributed by atoms with van der Waals surface area (Å²) in [7, 11) is 1.29. The van der Waals surface area contributed by atoms with E-state index in [2.05, 4.69) is 0 Å². The zero-order valence-electron chi connectivity index (χ0n) is 15.0. The molecule has 0 saturated carbocycles. The molecule has 2 aromatic rings. The van der Waals surface area contributed by atoms with Crippen LogP contribution in [0, 0.1) is 6.92 Å². The average molecular weight is 362 g/mol. The van der Waals surface area contributed by atoms with Gasteiger partial charge in [0.25, 0.3) is 5.91 Å². The van der Waals surface area contributed by atoms with Gasteiger partial charge in [-0.2, -0.15) is 0 Å². The van der Waals surface area contributed by atoms with Gasteiger partial charge in [-0.15, -0.1) is 0 Å². The van der Waals surface area contributed by atoms with Crippen molar-refractivity contribution in [1.82, 2.24) is 4.90 Å². The Kier molecular flexibility index (Phi) is 4.03. The first-order valence-corrected chi connectivity index (χ1v) is 8.61. The van der Waals surface area contributed by atoms with Gasteiger partial charge in [-0.05, 0) is 30.7 Å². The summed E-state index contributed by atoms with van der Waals surface area (Å²) in [5, 5.41) is 0. The number of anilines is 1. The summed E-state index contributed by atoms with van der Waals surface area (Å²) in [6, 6.07) is 14.4. The monoisotopic (exact) mass is 362 g/mol. The zero-order chi connectivity index (χ0) is 19.1. The standard InChI is InChI=1S/C21H18N2O4/c1-13-8-10-15(11-9-13)22-19(24)17-12-16(20(25)27-2)18(23(17)21(22)26)14-6-4-3-5-7-14/h3-12,17-18H,1-2H3/t17-,18+/m0/s1. The fraction of sp³-hybridized carbons (Fsp3) is 0.190. The third-order valence-electron chi connectivity index (χ3n) is 4.92. The van der Waals surface area contributed by atoms with Gasteiger partial charge < -0.3 is 4.74 Å². The quantitative estimate of drug-likeness (QED) is 0.622. The predicted molar refractivity (Wildman–Crippen MR) is 99.0 cm³/mol. The number of rotatable bonds is 3. The molecular formula is C21H18N2O4. The number of benzene rings is 2. The Morgan fingerprint density at radius 1 is 1.00 bits per heavy atom. The molecule has 3 amide bonds. The van der Waals surface area contributed by atoms with Crippen LogP contribution in [0.1, 0.15) is 17.2 Å². The summed E-state index contributed by atoms with van der Waals surface area (Å²) < 4.78 is 4.88. The van der Waals surface area contributed by atoms with Crippen LogP contribution in [0.25, 0.3) is 0 Å². The van der Waals surface area contributed by atoms with Gasteiger partial charge in [0.05, 0.1) is 24.4 Å². The number of carbonyl (C=O) groups excluding carboxylic acids is 3. The average Bonchev–Trinajstić information content (AvgIpc) is 3.19. The van der Waals surface area contributed by atoms with E-state index in [-0.39, 0.29) is 5.91 Å². The molecule has 0 radical (unpaired) electrons. The Morgan fingerprint density at radius 3 is 2.30 bits per heavy atom. The summed E-state index contributed by atoms with van der Waals surface area (Å²) in [6.45, 7) is 1.94. The van der Waals surface area contributed by atoms with Crippen molar-refractivity contribution < 1.29 is 19.1 Å². The van der Waals surface area contributed by atoms with E-state index in [9.17, 15) is 14.4 Å². The third kappa shape index (κ3) is 2.61. The highest BCUT2D eigenvalue weighted by atomic mass is 16.5. The van der Waals surface area contributed by atoms with Crippen molar-refractivity contribution in [2.45, 2.75) is 19.0 Å². The minimum Gasteiger partial charge on any atom is -0.466 e. The number of ether oxygens (including phenoxy) is 1. The molecule has 0 aliphatic carbocycles. The van der Waals surface area contributed by atoms with Crippen LogP contribution in [-0.4, -0.2) is 36.0 Å². The fourth-order valence-corrected chi connectivity index (χ4v) is 3.62. The van der Waals surface area contributed by atoms with E-state index in [1.165, 1.54) is 23.0 Å². The molecule has 6 heteroatoms. The molecule has 2 aliphatic heterocycles. The number of amides is 3. The predicted octanol–water partition coefficient (Wildman–Crippen LogP) is 2.99. The summed E-state index contributed by atoms with van der Waals surface area (Å²) in [5.41, 5.74) is 2.61. The molecule has 0 aromatic heterocycles. The first-order valence-electron chi connectivity index (χ1n) is 8.61. The SMILES string of the molecule is COC(=O)C1=C[C@H]2C(=O)N(c3ccc(C)cc3)C(=O)N2[C@@H]1c1ccccc1. The van der Waals surface area contributed by atoms with Crippen LogP contribution in [0.4, 0.5) is 10.5 Å². The Balaban J connectivity index is 1.79. The van der Waals surface area contributed by atoms with E-state index in [0.29, 0.717) is 11.3 Å². The molecule has 2 aliphatic rings. The Morgan fingerprint density at radius 2 is 1.67 bits per heavy atom. The number of methoxy groups -OCH3 is 1. The number of fused-ring (bicyclic) bond motifs is 1. The smallest absolute Gasteiger partial charge is 0.335 e. The van der Waals surface area contributed by atoms with Crippen molar-refractivity contribution in [3.63, 3.8) is 0 Å². The number of esters is 1. The topological polar surface area (TPSA) is 66.9 Å². The number of nitrogens with zero attached hydrogens (tertiary/aromatic N) is 2. The number of carbonyl (C=O) groups is 3. The van der Waals surface area contributed by atoms with Crippen LogP contribution in [-0.2, 0) is 14.3 Å². The number of aryl methyl sites for hydroxylation is 1. The van der Waals surface area contributed by atoms with Crippen LogP contribution in [0.15, 0.2) is 66.2 Å². The van der Waals surface area contributed by atoms with Crippen molar-refractivity contribution in [2.75, 3.05) is 12.0 Å². The van der Waals surface area contributed by atoms with Crippen molar-refractivity contribution in [3.8, 4) is 0 Å². The van der Waals surface area contributed by atoms with Crippen molar-refractivity contribution in [3.05, 3.63) is 77.4 Å². The molecule has 6 nitrogen and oxygen atoms in total. The molecule has 1 saturated heterocycles.